The lowest BCUT2D eigenvalue weighted by Crippen LogP contribution is -2.60. The first-order valence-corrected chi connectivity index (χ1v) is 8.60. The van der Waals surface area contributed by atoms with Gasteiger partial charge >= 0.3 is 0 Å². The van der Waals surface area contributed by atoms with Gasteiger partial charge in [0.25, 0.3) is 0 Å². The number of aliphatic hydroxyl groups is 4. The van der Waals surface area contributed by atoms with Crippen molar-refractivity contribution in [2.45, 2.75) is 51.0 Å². The Kier molecular flexibility index (Phi) is 7.01. The van der Waals surface area contributed by atoms with Gasteiger partial charge in [-0.05, 0) is 5.92 Å². The van der Waals surface area contributed by atoms with Crippen LogP contribution in [-0.2, 0) is 4.74 Å². The number of phenols is 1. The first kappa shape index (κ1) is 21.4. The Hall–Kier alpha value is -1.91. The van der Waals surface area contributed by atoms with Crippen molar-refractivity contribution in [3.8, 4) is 17.2 Å². The van der Waals surface area contributed by atoms with Crippen molar-refractivity contribution in [2.75, 3.05) is 13.7 Å². The number of methoxy groups -OCH3 is 1. The SMILES string of the molecule is COc1cc(O)c(C(=O)CC(C)C)c(OC2OC(CO)C(O)C(O)C2O)c1. The lowest BCUT2D eigenvalue weighted by molar-refractivity contribution is -0.277. The lowest BCUT2D eigenvalue weighted by Gasteiger charge is -2.39. The van der Waals surface area contributed by atoms with Crippen molar-refractivity contribution in [3.63, 3.8) is 0 Å². The summed E-state index contributed by atoms with van der Waals surface area (Å²) < 4.78 is 15.9. The van der Waals surface area contributed by atoms with E-state index in [0.717, 1.165) is 0 Å². The van der Waals surface area contributed by atoms with E-state index in [4.69, 9.17) is 14.2 Å². The number of carbonyl (C=O) groups excluding carboxylic acids is 1. The zero-order valence-electron chi connectivity index (χ0n) is 15.4. The minimum Gasteiger partial charge on any atom is -0.507 e. The second kappa shape index (κ2) is 8.85. The van der Waals surface area contributed by atoms with Crippen LogP contribution in [0, 0.1) is 5.92 Å². The van der Waals surface area contributed by atoms with Crippen LogP contribution in [0.15, 0.2) is 12.1 Å². The van der Waals surface area contributed by atoms with Gasteiger partial charge in [0.05, 0.1) is 13.7 Å². The highest BCUT2D eigenvalue weighted by molar-refractivity contribution is 6.01. The lowest BCUT2D eigenvalue weighted by atomic mass is 9.98. The maximum Gasteiger partial charge on any atom is 0.229 e. The van der Waals surface area contributed by atoms with Gasteiger partial charge in [0.1, 0.15) is 47.2 Å². The van der Waals surface area contributed by atoms with E-state index in [2.05, 4.69) is 0 Å². The quantitative estimate of drug-likeness (QED) is 0.402. The molecule has 0 aliphatic carbocycles. The number of ether oxygens (including phenoxy) is 3. The van der Waals surface area contributed by atoms with Crippen molar-refractivity contribution in [1.29, 1.82) is 0 Å². The van der Waals surface area contributed by atoms with Gasteiger partial charge in [-0.25, -0.2) is 0 Å². The van der Waals surface area contributed by atoms with E-state index in [0.29, 0.717) is 0 Å². The molecule has 0 spiro atoms. The molecular formula is C18H26O9. The van der Waals surface area contributed by atoms with Crippen molar-refractivity contribution in [3.05, 3.63) is 17.7 Å². The highest BCUT2D eigenvalue weighted by Gasteiger charge is 2.45. The summed E-state index contributed by atoms with van der Waals surface area (Å²) in [6.45, 7) is 3.07. The smallest absolute Gasteiger partial charge is 0.229 e. The minimum absolute atomic E-state index is 0.0270. The molecule has 5 N–H and O–H groups in total. The van der Waals surface area contributed by atoms with Crippen LogP contribution < -0.4 is 9.47 Å². The summed E-state index contributed by atoms with van der Waals surface area (Å²) in [5.41, 5.74) is -0.110. The van der Waals surface area contributed by atoms with E-state index in [1.165, 1.54) is 19.2 Å². The molecule has 9 nitrogen and oxygen atoms in total. The van der Waals surface area contributed by atoms with Crippen molar-refractivity contribution in [2.24, 2.45) is 5.92 Å². The third-order valence-electron chi connectivity index (χ3n) is 4.25. The number of ketones is 1. The molecule has 2 rings (SSSR count). The molecule has 5 unspecified atom stereocenters. The molecule has 0 saturated carbocycles. The molecule has 9 heteroatoms. The average molecular weight is 386 g/mol. The normalized spacial score (nSPS) is 28.2. The van der Waals surface area contributed by atoms with Gasteiger partial charge < -0.3 is 39.7 Å². The Morgan fingerprint density at radius 3 is 2.41 bits per heavy atom. The van der Waals surface area contributed by atoms with Crippen LogP contribution in [0.25, 0.3) is 0 Å². The fraction of sp³-hybridized carbons (Fsp3) is 0.611. The van der Waals surface area contributed by atoms with Crippen molar-refractivity contribution >= 4 is 5.78 Å². The molecule has 1 aromatic carbocycles. The van der Waals surface area contributed by atoms with E-state index in [1.54, 1.807) is 0 Å². The minimum atomic E-state index is -1.65. The summed E-state index contributed by atoms with van der Waals surface area (Å²) in [4.78, 5) is 12.5. The average Bonchev–Trinajstić information content (AvgIpc) is 2.60. The number of benzene rings is 1. The molecule has 0 radical (unpaired) electrons. The highest BCUT2D eigenvalue weighted by atomic mass is 16.7. The molecule has 0 bridgehead atoms. The molecule has 1 aliphatic heterocycles. The van der Waals surface area contributed by atoms with E-state index in [1.807, 2.05) is 13.8 Å². The number of rotatable bonds is 7. The Bertz CT molecular complexity index is 658. The standard InChI is InChI=1S/C18H26O9/c1-8(2)4-10(20)14-11(21)5-9(25-3)6-12(14)26-18-17(24)16(23)15(22)13(7-19)27-18/h5-6,8,13,15-19,21-24H,4,7H2,1-3H3. The predicted molar refractivity (Wildman–Crippen MR) is 92.8 cm³/mol. The molecule has 0 amide bonds. The second-order valence-corrected chi connectivity index (χ2v) is 6.86. The van der Waals surface area contributed by atoms with Gasteiger partial charge in [0, 0.05) is 18.6 Å². The molecular weight excluding hydrogens is 360 g/mol. The maximum atomic E-state index is 12.5. The van der Waals surface area contributed by atoms with Gasteiger partial charge in [-0.3, -0.25) is 4.79 Å². The predicted octanol–water partition coefficient (Wildman–Crippen LogP) is -0.192. The fourth-order valence-electron chi connectivity index (χ4n) is 2.83. The zero-order chi connectivity index (χ0) is 20.3. The molecule has 5 atom stereocenters. The molecule has 1 aromatic rings. The number of hydrogen-bond acceptors (Lipinski definition) is 9. The van der Waals surface area contributed by atoms with Gasteiger partial charge in [0.2, 0.25) is 6.29 Å². The molecule has 1 heterocycles. The summed E-state index contributed by atoms with van der Waals surface area (Å²) >= 11 is 0. The monoisotopic (exact) mass is 386 g/mol. The summed E-state index contributed by atoms with van der Waals surface area (Å²) in [5, 5.41) is 49.4. The third-order valence-corrected chi connectivity index (χ3v) is 4.25. The van der Waals surface area contributed by atoms with Crippen LogP contribution in [0.5, 0.6) is 17.2 Å². The summed E-state index contributed by atoms with van der Waals surface area (Å²) in [7, 11) is 1.36. The summed E-state index contributed by atoms with van der Waals surface area (Å²) in [6, 6.07) is 2.60. The molecule has 1 aliphatic rings. The molecule has 152 valence electrons. The van der Waals surface area contributed by atoms with Crippen LogP contribution in [0.4, 0.5) is 0 Å². The summed E-state index contributed by atoms with van der Waals surface area (Å²) in [5.74, 6) is -0.626. The Morgan fingerprint density at radius 1 is 1.19 bits per heavy atom. The van der Waals surface area contributed by atoms with Crippen molar-refractivity contribution in [1.82, 2.24) is 0 Å². The van der Waals surface area contributed by atoms with E-state index in [9.17, 15) is 30.3 Å². The largest absolute Gasteiger partial charge is 0.507 e. The molecule has 0 aromatic heterocycles. The first-order valence-electron chi connectivity index (χ1n) is 8.60. The van der Waals surface area contributed by atoms with Gasteiger partial charge in [-0.15, -0.1) is 0 Å². The summed E-state index contributed by atoms with van der Waals surface area (Å²) in [6.07, 6.45) is -7.32. The van der Waals surface area contributed by atoms with Gasteiger partial charge in [-0.1, -0.05) is 13.8 Å². The van der Waals surface area contributed by atoms with Crippen LogP contribution in [0.1, 0.15) is 30.6 Å². The number of aliphatic hydroxyl groups excluding tert-OH is 4. The Morgan fingerprint density at radius 2 is 1.85 bits per heavy atom. The molecule has 27 heavy (non-hydrogen) atoms. The van der Waals surface area contributed by atoms with Crippen molar-refractivity contribution < 1.29 is 44.5 Å². The van der Waals surface area contributed by atoms with Gasteiger partial charge in [0.15, 0.2) is 5.78 Å². The number of aromatic hydroxyl groups is 1. The van der Waals surface area contributed by atoms with Gasteiger partial charge in [-0.2, -0.15) is 0 Å². The Balaban J connectivity index is 2.38. The molecule has 1 saturated heterocycles. The topological polar surface area (TPSA) is 146 Å². The number of phenolic OH excluding ortho intramolecular Hbond substituents is 1. The van der Waals surface area contributed by atoms with Crippen LogP contribution in [0.3, 0.4) is 0 Å². The zero-order valence-corrected chi connectivity index (χ0v) is 15.4. The molecule has 1 fully saturated rings. The maximum absolute atomic E-state index is 12.5. The number of Topliss-reactive ketones (excluding diaryl/α,β-unsaturated/α-hetero) is 1. The van der Waals surface area contributed by atoms with E-state index in [-0.39, 0.29) is 40.9 Å². The Labute approximate surface area is 156 Å². The van der Waals surface area contributed by atoms with E-state index >= 15 is 0 Å². The van der Waals surface area contributed by atoms with E-state index < -0.39 is 37.3 Å². The first-order chi connectivity index (χ1) is 12.7. The number of carbonyl (C=O) groups is 1. The van der Waals surface area contributed by atoms with Crippen LogP contribution in [0.2, 0.25) is 0 Å². The highest BCUT2D eigenvalue weighted by Crippen LogP contribution is 2.36. The van der Waals surface area contributed by atoms with Crippen LogP contribution in [-0.4, -0.2) is 75.7 Å². The fourth-order valence-corrected chi connectivity index (χ4v) is 2.83. The van der Waals surface area contributed by atoms with Crippen LogP contribution >= 0.6 is 0 Å². The second-order valence-electron chi connectivity index (χ2n) is 6.86. The third kappa shape index (κ3) is 4.69. The number of hydrogen-bond donors (Lipinski definition) is 5.